The zero-order valence-corrected chi connectivity index (χ0v) is 26.0. The number of fused-ring (bicyclic) bond motifs is 9. The van der Waals surface area contributed by atoms with Crippen LogP contribution in [0.2, 0.25) is 0 Å². The summed E-state index contributed by atoms with van der Waals surface area (Å²) in [4.78, 5) is 58.1. The van der Waals surface area contributed by atoms with E-state index in [1.807, 2.05) is 42.5 Å². The van der Waals surface area contributed by atoms with E-state index in [1.165, 1.54) is 16.2 Å². The molecule has 1 aromatic heterocycles. The number of thioether (sulfide) groups is 1. The first-order valence-electron chi connectivity index (χ1n) is 15.2. The number of esters is 1. The van der Waals surface area contributed by atoms with Gasteiger partial charge in [-0.2, -0.15) is 0 Å². The van der Waals surface area contributed by atoms with Gasteiger partial charge >= 0.3 is 10.8 Å². The van der Waals surface area contributed by atoms with Crippen molar-refractivity contribution in [1.82, 2.24) is 4.98 Å². The Hall–Kier alpha value is -4.15. The highest BCUT2D eigenvalue weighted by molar-refractivity contribution is 8.00. The van der Waals surface area contributed by atoms with Gasteiger partial charge in [0.2, 0.25) is 11.8 Å². The second kappa shape index (κ2) is 11.0. The predicted molar refractivity (Wildman–Crippen MR) is 171 cm³/mol. The van der Waals surface area contributed by atoms with Gasteiger partial charge in [0.05, 0.1) is 34.7 Å². The summed E-state index contributed by atoms with van der Waals surface area (Å²) in [7, 11) is 0. The Morgan fingerprint density at radius 3 is 2.44 bits per heavy atom. The normalized spacial score (nSPS) is 27.7. The Labute approximate surface area is 267 Å². The number of imide groups is 1. The quantitative estimate of drug-likeness (QED) is 0.199. The number of carbonyl (C=O) groups excluding carboxylic acids is 3. The molecule has 0 spiro atoms. The molecule has 8 rings (SSSR count). The third kappa shape index (κ3) is 4.56. The van der Waals surface area contributed by atoms with Crippen molar-refractivity contribution in [1.29, 1.82) is 0 Å². The number of amides is 2. The predicted octanol–water partition coefficient (Wildman–Crippen LogP) is 5.87. The minimum atomic E-state index is -0.440. The molecule has 3 fully saturated rings. The van der Waals surface area contributed by atoms with Crippen molar-refractivity contribution in [3.05, 3.63) is 110 Å². The fraction of sp³-hybridized carbons (Fsp3) is 0.314. The number of carbonyl (C=O) groups is 3. The highest BCUT2D eigenvalue weighted by Gasteiger charge is 2.69. The van der Waals surface area contributed by atoms with Crippen molar-refractivity contribution in [2.24, 2.45) is 29.6 Å². The molecule has 45 heavy (non-hydrogen) atoms. The highest BCUT2D eigenvalue weighted by atomic mass is 32.2. The van der Waals surface area contributed by atoms with Gasteiger partial charge in [0.1, 0.15) is 12.4 Å². The van der Waals surface area contributed by atoms with Crippen molar-refractivity contribution in [2.45, 2.75) is 36.1 Å². The summed E-state index contributed by atoms with van der Waals surface area (Å²) in [6, 6.07) is 24.6. The fourth-order valence-electron chi connectivity index (χ4n) is 8.14. The van der Waals surface area contributed by atoms with Gasteiger partial charge in [0, 0.05) is 16.0 Å². The minimum Gasteiger partial charge on any atom is -0.489 e. The van der Waals surface area contributed by atoms with E-state index in [9.17, 15) is 19.2 Å². The molecule has 3 heterocycles. The second-order valence-corrected chi connectivity index (χ2v) is 14.3. The van der Waals surface area contributed by atoms with Crippen molar-refractivity contribution in [3.8, 4) is 5.75 Å². The van der Waals surface area contributed by atoms with Crippen LogP contribution in [0, 0.1) is 29.6 Å². The molecule has 10 heteroatoms. The van der Waals surface area contributed by atoms with E-state index in [1.54, 1.807) is 43.0 Å². The van der Waals surface area contributed by atoms with E-state index < -0.39 is 17.8 Å². The first-order chi connectivity index (χ1) is 21.9. The number of aromatic nitrogens is 1. The van der Waals surface area contributed by atoms with E-state index >= 15 is 0 Å². The van der Waals surface area contributed by atoms with Crippen LogP contribution in [-0.2, 0) is 20.9 Å². The molecule has 228 valence electrons. The van der Waals surface area contributed by atoms with Crippen LogP contribution in [0.25, 0.3) is 0 Å². The smallest absolute Gasteiger partial charge is 0.338 e. The molecule has 8 nitrogen and oxygen atoms in total. The summed E-state index contributed by atoms with van der Waals surface area (Å²) < 4.78 is 11.3. The van der Waals surface area contributed by atoms with Crippen LogP contribution in [0.3, 0.4) is 0 Å². The van der Waals surface area contributed by atoms with Crippen LogP contribution in [-0.4, -0.2) is 34.6 Å². The summed E-state index contributed by atoms with van der Waals surface area (Å²) in [5, 5.41) is 0.968. The Morgan fingerprint density at radius 2 is 1.69 bits per heavy atom. The van der Waals surface area contributed by atoms with Crippen LogP contribution in [0.1, 0.15) is 45.6 Å². The van der Waals surface area contributed by atoms with Gasteiger partial charge in [0.15, 0.2) is 0 Å². The van der Waals surface area contributed by atoms with E-state index in [0.29, 0.717) is 17.9 Å². The van der Waals surface area contributed by atoms with Crippen LogP contribution in [0.5, 0.6) is 5.75 Å². The molecule has 2 aliphatic heterocycles. The fourth-order valence-corrected chi connectivity index (χ4v) is 11.0. The van der Waals surface area contributed by atoms with Crippen LogP contribution in [0.15, 0.2) is 88.7 Å². The van der Waals surface area contributed by atoms with Crippen LogP contribution < -0.4 is 14.5 Å². The molecule has 6 unspecified atom stereocenters. The van der Waals surface area contributed by atoms with Gasteiger partial charge in [-0.15, -0.1) is 11.8 Å². The van der Waals surface area contributed by atoms with E-state index in [2.05, 4.69) is 17.1 Å². The third-order valence-electron chi connectivity index (χ3n) is 9.83. The average Bonchev–Trinajstić information content (AvgIpc) is 3.79. The van der Waals surface area contributed by atoms with Gasteiger partial charge < -0.3 is 14.5 Å². The van der Waals surface area contributed by atoms with E-state index in [0.717, 1.165) is 33.2 Å². The highest BCUT2D eigenvalue weighted by Crippen LogP contribution is 2.68. The Balaban J connectivity index is 1.11. The molecule has 7 atom stereocenters. The Morgan fingerprint density at radius 1 is 0.933 bits per heavy atom. The molecule has 3 aromatic carbocycles. The number of nitrogens with zero attached hydrogens (tertiary/aromatic N) is 1. The maximum absolute atomic E-state index is 14.1. The average molecular weight is 639 g/mol. The van der Waals surface area contributed by atoms with Gasteiger partial charge in [0.25, 0.3) is 0 Å². The third-order valence-corrected chi connectivity index (χ3v) is 12.4. The number of aromatic amines is 1. The Bertz CT molecular complexity index is 1870. The standard InChI is InChI=1S/C35H30N2O6S2/c1-2-42-34(40)19-11-13-21(14-12-19)37-32(38)27-23-16-24(28(27)33(37)39)29-26(23)25(30-31(44-29)36-35(41)45-30)20-9-6-10-22(15-20)43-17-18-7-4-3-5-8-18/h3-15,23-29H,2,16-17H2,1H3,(H,36,41)/t23?,24?,25-,26?,27?,28?,29?/m1/s1. The van der Waals surface area contributed by atoms with Crippen molar-refractivity contribution in [3.63, 3.8) is 0 Å². The number of rotatable bonds is 7. The first-order valence-corrected chi connectivity index (χ1v) is 16.9. The number of hydrogen-bond donors (Lipinski definition) is 1. The monoisotopic (exact) mass is 638 g/mol. The van der Waals surface area contributed by atoms with Crippen molar-refractivity contribution in [2.75, 3.05) is 11.5 Å². The van der Waals surface area contributed by atoms with Crippen molar-refractivity contribution >= 4 is 46.6 Å². The molecule has 2 saturated carbocycles. The number of nitrogens with one attached hydrogen (secondary N) is 1. The summed E-state index contributed by atoms with van der Waals surface area (Å²) in [6.45, 7) is 2.46. The lowest BCUT2D eigenvalue weighted by Crippen LogP contribution is -2.42. The molecular formula is C35H30N2O6S2. The maximum Gasteiger partial charge on any atom is 0.338 e. The molecule has 2 aliphatic carbocycles. The molecule has 4 aromatic rings. The lowest BCUT2D eigenvalue weighted by molar-refractivity contribution is -0.123. The van der Waals surface area contributed by atoms with Crippen LogP contribution >= 0.6 is 23.1 Å². The zero-order valence-electron chi connectivity index (χ0n) is 24.4. The summed E-state index contributed by atoms with van der Waals surface area (Å²) >= 11 is 2.91. The molecule has 1 N–H and O–H groups in total. The molecular weight excluding hydrogens is 609 g/mol. The van der Waals surface area contributed by atoms with Gasteiger partial charge in [-0.25, -0.2) is 4.79 Å². The molecule has 2 amide bonds. The second-order valence-electron chi connectivity index (χ2n) is 12.1. The molecule has 0 radical (unpaired) electrons. The largest absolute Gasteiger partial charge is 0.489 e. The van der Waals surface area contributed by atoms with Gasteiger partial charge in [-0.1, -0.05) is 53.8 Å². The lowest BCUT2D eigenvalue weighted by atomic mass is 9.68. The molecule has 4 aliphatic rings. The maximum atomic E-state index is 14.1. The Kier molecular flexibility index (Phi) is 6.94. The summed E-state index contributed by atoms with van der Waals surface area (Å²) in [5.74, 6) is -0.810. The minimum absolute atomic E-state index is 0.00185. The van der Waals surface area contributed by atoms with Gasteiger partial charge in [-0.3, -0.25) is 19.3 Å². The summed E-state index contributed by atoms with van der Waals surface area (Å²) in [6.07, 6.45) is 0.810. The number of hydrogen-bond acceptors (Lipinski definition) is 8. The van der Waals surface area contributed by atoms with E-state index in [4.69, 9.17) is 9.47 Å². The first kappa shape index (κ1) is 28.3. The zero-order chi connectivity index (χ0) is 30.8. The molecule has 1 saturated heterocycles. The number of thiazole rings is 1. The summed E-state index contributed by atoms with van der Waals surface area (Å²) in [5.41, 5.74) is 2.98. The number of H-pyrrole nitrogens is 1. The molecule has 2 bridgehead atoms. The SMILES string of the molecule is CCOC(=O)c1ccc(N2C(=O)C3C4CC(C3C2=O)C2C4Sc3[nH]c(=O)sc3[C@@H]2c2cccc(OCc3ccccc3)c2)cc1. The number of ether oxygens (including phenoxy) is 2. The lowest BCUT2D eigenvalue weighted by Gasteiger charge is -2.43. The topological polar surface area (TPSA) is 106 Å². The number of benzene rings is 3. The van der Waals surface area contributed by atoms with Crippen LogP contribution in [0.4, 0.5) is 5.69 Å². The van der Waals surface area contributed by atoms with Crippen molar-refractivity contribution < 1.29 is 23.9 Å². The number of anilines is 1. The van der Waals surface area contributed by atoms with E-state index in [-0.39, 0.29) is 52.2 Å². The van der Waals surface area contributed by atoms with Gasteiger partial charge in [-0.05, 0) is 78.6 Å².